The molecule has 0 fully saturated rings. The highest BCUT2D eigenvalue weighted by Gasteiger charge is 2.33. The molecule has 0 aromatic heterocycles. The third-order valence-corrected chi connectivity index (χ3v) is 2.10. The van der Waals surface area contributed by atoms with Crippen LogP contribution in [0.5, 0.6) is 0 Å². The van der Waals surface area contributed by atoms with E-state index in [2.05, 4.69) is 10.1 Å². The van der Waals surface area contributed by atoms with Crippen molar-refractivity contribution in [2.24, 2.45) is 0 Å². The van der Waals surface area contributed by atoms with Gasteiger partial charge in [0.2, 0.25) is 0 Å². The highest BCUT2D eigenvalue weighted by molar-refractivity contribution is 5.75. The van der Waals surface area contributed by atoms with E-state index in [0.717, 1.165) is 12.1 Å². The zero-order chi connectivity index (χ0) is 13.8. The predicted octanol–water partition coefficient (Wildman–Crippen LogP) is 2.26. The summed E-state index contributed by atoms with van der Waals surface area (Å²) in [4.78, 5) is 11.0. The van der Waals surface area contributed by atoms with Gasteiger partial charge in [-0.15, -0.1) is 0 Å². The lowest BCUT2D eigenvalue weighted by molar-refractivity contribution is -0.141. The fourth-order valence-electron chi connectivity index (χ4n) is 1.30. The number of alkyl halides is 3. The monoisotopic (exact) mass is 262 g/mol. The molecule has 1 aromatic carbocycles. The number of carbonyl (C=O) groups excluding carboxylic acids is 1. The molecule has 7 heteroatoms. The second kappa shape index (κ2) is 5.61. The van der Waals surface area contributed by atoms with E-state index in [1.165, 1.54) is 6.07 Å². The highest BCUT2D eigenvalue weighted by atomic mass is 19.4. The highest BCUT2D eigenvalue weighted by Crippen LogP contribution is 2.34. The number of ether oxygens (including phenoxy) is 1. The first-order valence-electron chi connectivity index (χ1n) is 5.20. The van der Waals surface area contributed by atoms with Crippen molar-refractivity contribution in [2.75, 3.05) is 24.2 Å². The van der Waals surface area contributed by atoms with Gasteiger partial charge in [-0.05, 0) is 25.1 Å². The lowest BCUT2D eigenvalue weighted by Crippen LogP contribution is -2.17. The molecule has 0 spiro atoms. The lowest BCUT2D eigenvalue weighted by atomic mass is 10.1. The lowest BCUT2D eigenvalue weighted by Gasteiger charge is -2.12. The molecule has 0 unspecified atom stereocenters. The topological polar surface area (TPSA) is 64.3 Å². The van der Waals surface area contributed by atoms with Gasteiger partial charge in [-0.3, -0.25) is 4.79 Å². The van der Waals surface area contributed by atoms with Crippen LogP contribution in [0, 0.1) is 0 Å². The fraction of sp³-hybridized carbons (Fsp3) is 0.364. The molecule has 0 aliphatic carbocycles. The minimum atomic E-state index is -4.52. The number of carbonyl (C=O) groups is 1. The molecular weight excluding hydrogens is 249 g/mol. The quantitative estimate of drug-likeness (QED) is 0.645. The summed E-state index contributed by atoms with van der Waals surface area (Å²) in [6, 6.07) is 3.36. The molecule has 0 aliphatic heterocycles. The number of nitrogens with one attached hydrogen (secondary N) is 1. The predicted molar refractivity (Wildman–Crippen MR) is 61.0 cm³/mol. The first-order chi connectivity index (χ1) is 8.34. The van der Waals surface area contributed by atoms with Crippen molar-refractivity contribution in [3.63, 3.8) is 0 Å². The molecule has 1 aromatic rings. The standard InChI is InChI=1S/C11H13F3N2O2/c1-2-18-10(17)6-16-7-3-4-9(15)8(5-7)11(12,13)14/h3-5,16H,2,6,15H2,1H3. The summed E-state index contributed by atoms with van der Waals surface area (Å²) >= 11 is 0. The number of nitrogen functional groups attached to an aromatic ring is 1. The summed E-state index contributed by atoms with van der Waals surface area (Å²) in [5, 5.41) is 2.54. The van der Waals surface area contributed by atoms with Crippen LogP contribution in [0.3, 0.4) is 0 Å². The van der Waals surface area contributed by atoms with Crippen LogP contribution in [0.25, 0.3) is 0 Å². The molecule has 0 heterocycles. The van der Waals surface area contributed by atoms with Crippen LogP contribution in [-0.4, -0.2) is 19.1 Å². The van der Waals surface area contributed by atoms with E-state index in [-0.39, 0.29) is 24.5 Å². The summed E-state index contributed by atoms with van der Waals surface area (Å²) in [6.07, 6.45) is -4.52. The van der Waals surface area contributed by atoms with Gasteiger partial charge < -0.3 is 15.8 Å². The van der Waals surface area contributed by atoms with Gasteiger partial charge in [0.05, 0.1) is 12.2 Å². The molecule has 0 bridgehead atoms. The molecular formula is C11H13F3N2O2. The van der Waals surface area contributed by atoms with Crippen molar-refractivity contribution < 1.29 is 22.7 Å². The third-order valence-electron chi connectivity index (χ3n) is 2.10. The number of rotatable bonds is 4. The molecule has 0 atom stereocenters. The SMILES string of the molecule is CCOC(=O)CNc1ccc(N)c(C(F)(F)F)c1. The Morgan fingerprint density at radius 3 is 2.67 bits per heavy atom. The van der Waals surface area contributed by atoms with Crippen molar-refractivity contribution in [1.82, 2.24) is 0 Å². The van der Waals surface area contributed by atoms with Crippen LogP contribution < -0.4 is 11.1 Å². The van der Waals surface area contributed by atoms with Gasteiger partial charge in [0.15, 0.2) is 0 Å². The van der Waals surface area contributed by atoms with Crippen molar-refractivity contribution in [2.45, 2.75) is 13.1 Å². The number of nitrogens with two attached hydrogens (primary N) is 1. The van der Waals surface area contributed by atoms with E-state index in [1.54, 1.807) is 6.92 Å². The van der Waals surface area contributed by atoms with Gasteiger partial charge in [-0.2, -0.15) is 13.2 Å². The van der Waals surface area contributed by atoms with Crippen LogP contribution in [0.2, 0.25) is 0 Å². The number of halogens is 3. The Kier molecular flexibility index (Phi) is 4.41. The summed E-state index contributed by atoms with van der Waals surface area (Å²) in [5.74, 6) is -0.539. The molecule has 0 aliphatic rings. The van der Waals surface area contributed by atoms with Gasteiger partial charge in [0, 0.05) is 11.4 Å². The van der Waals surface area contributed by atoms with Gasteiger partial charge in [0.1, 0.15) is 6.54 Å². The van der Waals surface area contributed by atoms with E-state index in [4.69, 9.17) is 5.73 Å². The van der Waals surface area contributed by atoms with Crippen molar-refractivity contribution in [3.8, 4) is 0 Å². The first-order valence-corrected chi connectivity index (χ1v) is 5.20. The molecule has 3 N–H and O–H groups in total. The molecule has 1 rings (SSSR count). The second-order valence-corrected chi connectivity index (χ2v) is 3.46. The van der Waals surface area contributed by atoms with Gasteiger partial charge in [-0.25, -0.2) is 0 Å². The van der Waals surface area contributed by atoms with Crippen LogP contribution in [0.15, 0.2) is 18.2 Å². The number of benzene rings is 1. The Labute approximate surface area is 102 Å². The maximum absolute atomic E-state index is 12.5. The van der Waals surface area contributed by atoms with E-state index in [0.29, 0.717) is 0 Å². The van der Waals surface area contributed by atoms with Gasteiger partial charge in [0.25, 0.3) is 0 Å². The van der Waals surface area contributed by atoms with Crippen molar-refractivity contribution >= 4 is 17.3 Å². The van der Waals surface area contributed by atoms with E-state index in [1.807, 2.05) is 0 Å². The fourth-order valence-corrected chi connectivity index (χ4v) is 1.30. The maximum Gasteiger partial charge on any atom is 0.418 e. The molecule has 4 nitrogen and oxygen atoms in total. The molecule has 0 saturated heterocycles. The largest absolute Gasteiger partial charge is 0.465 e. The van der Waals surface area contributed by atoms with Crippen molar-refractivity contribution in [3.05, 3.63) is 23.8 Å². The Morgan fingerprint density at radius 2 is 2.11 bits per heavy atom. The van der Waals surface area contributed by atoms with Crippen LogP contribution >= 0.6 is 0 Å². The minimum absolute atomic E-state index is 0.157. The Hall–Kier alpha value is -1.92. The zero-order valence-electron chi connectivity index (χ0n) is 9.67. The molecule has 0 amide bonds. The molecule has 18 heavy (non-hydrogen) atoms. The minimum Gasteiger partial charge on any atom is -0.465 e. The molecule has 0 saturated carbocycles. The van der Waals surface area contributed by atoms with Crippen LogP contribution in [0.4, 0.5) is 24.5 Å². The van der Waals surface area contributed by atoms with E-state index in [9.17, 15) is 18.0 Å². The smallest absolute Gasteiger partial charge is 0.418 e. The number of anilines is 2. The van der Waals surface area contributed by atoms with E-state index >= 15 is 0 Å². The van der Waals surface area contributed by atoms with E-state index < -0.39 is 17.7 Å². The normalized spacial score (nSPS) is 11.1. The van der Waals surface area contributed by atoms with Crippen molar-refractivity contribution in [1.29, 1.82) is 0 Å². The third kappa shape index (κ3) is 3.83. The van der Waals surface area contributed by atoms with Crippen LogP contribution in [-0.2, 0) is 15.7 Å². The maximum atomic E-state index is 12.5. The summed E-state index contributed by atoms with van der Waals surface area (Å²) in [5.41, 5.74) is 4.11. The summed E-state index contributed by atoms with van der Waals surface area (Å²) in [6.45, 7) is 1.66. The molecule has 0 radical (unpaired) electrons. The molecule has 100 valence electrons. The van der Waals surface area contributed by atoms with Gasteiger partial charge >= 0.3 is 12.1 Å². The van der Waals surface area contributed by atoms with Gasteiger partial charge in [-0.1, -0.05) is 0 Å². The Balaban J connectivity index is 2.77. The summed E-state index contributed by atoms with van der Waals surface area (Å²) < 4.78 is 42.3. The van der Waals surface area contributed by atoms with Crippen LogP contribution in [0.1, 0.15) is 12.5 Å². The first kappa shape index (κ1) is 14.1. The zero-order valence-corrected chi connectivity index (χ0v) is 9.67. The Bertz CT molecular complexity index is 433. The average molecular weight is 262 g/mol. The summed E-state index contributed by atoms with van der Waals surface area (Å²) in [7, 11) is 0. The second-order valence-electron chi connectivity index (χ2n) is 3.46. The Morgan fingerprint density at radius 1 is 1.44 bits per heavy atom. The number of hydrogen-bond donors (Lipinski definition) is 2. The number of hydrogen-bond acceptors (Lipinski definition) is 4. The average Bonchev–Trinajstić information content (AvgIpc) is 2.27. The number of esters is 1.